The maximum atomic E-state index is 12.9. The molecule has 4 unspecified atom stereocenters. The number of esters is 1. The lowest BCUT2D eigenvalue weighted by atomic mass is 9.70. The molecule has 1 fully saturated rings. The standard InChI is InChI=1S/C21H21ClN2O3/c1-2-26-21(25)18-17(14-10-6-7-11-16(14)22)15(12-23)20(24)27-19(18)13-8-4-3-5-9-13/h3-11,15,17-20H,2,24H2,1H3/t15?,17-,18?,19?,20?/m1/s1. The molecule has 27 heavy (non-hydrogen) atoms. The molecule has 140 valence electrons. The number of nitrogens with two attached hydrogens (primary N) is 1. The van der Waals surface area contributed by atoms with Crippen LogP contribution in [0.1, 0.15) is 30.1 Å². The number of carbonyl (C=O) groups excluding carboxylic acids is 1. The molecule has 5 nitrogen and oxygen atoms in total. The maximum Gasteiger partial charge on any atom is 0.312 e. The van der Waals surface area contributed by atoms with Crippen molar-refractivity contribution in [2.45, 2.75) is 25.2 Å². The van der Waals surface area contributed by atoms with E-state index in [1.54, 1.807) is 19.1 Å². The van der Waals surface area contributed by atoms with Crippen molar-refractivity contribution in [3.63, 3.8) is 0 Å². The number of halogens is 1. The van der Waals surface area contributed by atoms with E-state index in [0.717, 1.165) is 5.56 Å². The van der Waals surface area contributed by atoms with Crippen LogP contribution in [-0.4, -0.2) is 18.8 Å². The predicted molar refractivity (Wildman–Crippen MR) is 102 cm³/mol. The van der Waals surface area contributed by atoms with Gasteiger partial charge in [-0.3, -0.25) is 4.79 Å². The van der Waals surface area contributed by atoms with Crippen LogP contribution < -0.4 is 5.73 Å². The second-order valence-corrected chi connectivity index (χ2v) is 6.82. The quantitative estimate of drug-likeness (QED) is 0.810. The molecule has 0 bridgehead atoms. The normalized spacial score (nSPS) is 27.6. The Kier molecular flexibility index (Phi) is 6.12. The summed E-state index contributed by atoms with van der Waals surface area (Å²) in [6.07, 6.45) is -1.49. The molecule has 5 atom stereocenters. The van der Waals surface area contributed by atoms with E-state index in [1.807, 2.05) is 42.5 Å². The van der Waals surface area contributed by atoms with E-state index in [-0.39, 0.29) is 6.61 Å². The minimum absolute atomic E-state index is 0.232. The first-order chi connectivity index (χ1) is 13.1. The van der Waals surface area contributed by atoms with Crippen LogP contribution in [0.4, 0.5) is 0 Å². The van der Waals surface area contributed by atoms with Gasteiger partial charge in [0.05, 0.1) is 30.6 Å². The number of nitriles is 1. The lowest BCUT2D eigenvalue weighted by molar-refractivity contribution is -0.170. The zero-order valence-corrected chi connectivity index (χ0v) is 15.7. The summed E-state index contributed by atoms with van der Waals surface area (Å²) in [5.74, 6) is -2.45. The highest BCUT2D eigenvalue weighted by atomic mass is 35.5. The molecule has 2 aromatic carbocycles. The molecule has 3 rings (SSSR count). The summed E-state index contributed by atoms with van der Waals surface area (Å²) in [6.45, 7) is 1.98. The summed E-state index contributed by atoms with van der Waals surface area (Å²) >= 11 is 6.43. The second kappa shape index (κ2) is 8.53. The van der Waals surface area contributed by atoms with Crippen molar-refractivity contribution in [1.82, 2.24) is 0 Å². The first-order valence-electron chi connectivity index (χ1n) is 8.85. The fraction of sp³-hybridized carbons (Fsp3) is 0.333. The minimum atomic E-state index is -0.854. The van der Waals surface area contributed by atoms with Crippen LogP contribution in [0.2, 0.25) is 5.02 Å². The molecule has 0 radical (unpaired) electrons. The fourth-order valence-corrected chi connectivity index (χ4v) is 3.94. The summed E-state index contributed by atoms with van der Waals surface area (Å²) in [5, 5.41) is 10.2. The first-order valence-corrected chi connectivity index (χ1v) is 9.23. The van der Waals surface area contributed by atoms with Gasteiger partial charge in [-0.15, -0.1) is 0 Å². The highest BCUT2D eigenvalue weighted by Gasteiger charge is 2.50. The monoisotopic (exact) mass is 384 g/mol. The number of nitrogens with zero attached hydrogens (tertiary/aromatic N) is 1. The summed E-state index contributed by atoms with van der Waals surface area (Å²) in [6, 6.07) is 18.8. The van der Waals surface area contributed by atoms with Gasteiger partial charge in [0, 0.05) is 10.9 Å². The number of hydrogen-bond acceptors (Lipinski definition) is 5. The highest BCUT2D eigenvalue weighted by Crippen LogP contribution is 2.49. The van der Waals surface area contributed by atoms with Crippen molar-refractivity contribution < 1.29 is 14.3 Å². The van der Waals surface area contributed by atoms with Gasteiger partial charge >= 0.3 is 5.97 Å². The Labute approximate surface area is 163 Å². The van der Waals surface area contributed by atoms with Crippen LogP contribution in [0.5, 0.6) is 0 Å². The van der Waals surface area contributed by atoms with Crippen molar-refractivity contribution in [3.8, 4) is 6.07 Å². The molecule has 1 saturated heterocycles. The van der Waals surface area contributed by atoms with Gasteiger partial charge in [0.25, 0.3) is 0 Å². The zero-order valence-electron chi connectivity index (χ0n) is 14.9. The van der Waals surface area contributed by atoms with Crippen LogP contribution in [0.25, 0.3) is 0 Å². The van der Waals surface area contributed by atoms with Crippen LogP contribution in [-0.2, 0) is 14.3 Å². The SMILES string of the molecule is CCOC(=O)C1C(c2ccccc2)OC(N)C(C#N)[C@H]1c1ccccc1Cl. The third kappa shape index (κ3) is 3.84. The van der Waals surface area contributed by atoms with Gasteiger partial charge in [0.2, 0.25) is 0 Å². The van der Waals surface area contributed by atoms with E-state index in [2.05, 4.69) is 6.07 Å². The molecule has 1 aliphatic rings. The Morgan fingerprint density at radius 2 is 1.89 bits per heavy atom. The fourth-order valence-electron chi connectivity index (χ4n) is 3.68. The predicted octanol–water partition coefficient (Wildman–Crippen LogP) is 3.80. The molecule has 0 amide bonds. The molecular formula is C21H21ClN2O3. The van der Waals surface area contributed by atoms with Crippen LogP contribution in [0, 0.1) is 23.2 Å². The van der Waals surface area contributed by atoms with E-state index in [9.17, 15) is 10.1 Å². The van der Waals surface area contributed by atoms with E-state index in [1.165, 1.54) is 0 Å². The largest absolute Gasteiger partial charge is 0.466 e. The molecule has 1 aliphatic heterocycles. The number of carbonyl (C=O) groups is 1. The molecule has 1 heterocycles. The lowest BCUT2D eigenvalue weighted by Crippen LogP contribution is -2.49. The van der Waals surface area contributed by atoms with Crippen molar-refractivity contribution in [3.05, 3.63) is 70.7 Å². The molecule has 0 saturated carbocycles. The minimum Gasteiger partial charge on any atom is -0.466 e. The molecule has 2 N–H and O–H groups in total. The van der Waals surface area contributed by atoms with Crippen molar-refractivity contribution in [2.24, 2.45) is 17.6 Å². The van der Waals surface area contributed by atoms with Gasteiger partial charge in [0.15, 0.2) is 0 Å². The number of rotatable bonds is 4. The summed E-state index contributed by atoms with van der Waals surface area (Å²) < 4.78 is 11.3. The highest BCUT2D eigenvalue weighted by molar-refractivity contribution is 6.31. The number of ether oxygens (including phenoxy) is 2. The van der Waals surface area contributed by atoms with Gasteiger partial charge in [-0.2, -0.15) is 5.26 Å². The van der Waals surface area contributed by atoms with E-state index < -0.39 is 36.1 Å². The van der Waals surface area contributed by atoms with Gasteiger partial charge in [-0.25, -0.2) is 0 Å². The van der Waals surface area contributed by atoms with E-state index in [0.29, 0.717) is 10.6 Å². The number of hydrogen-bond donors (Lipinski definition) is 1. The Bertz CT molecular complexity index is 837. The molecular weight excluding hydrogens is 364 g/mol. The smallest absolute Gasteiger partial charge is 0.312 e. The maximum absolute atomic E-state index is 12.9. The zero-order chi connectivity index (χ0) is 19.4. The Hall–Kier alpha value is -2.39. The van der Waals surface area contributed by atoms with Crippen LogP contribution in [0.3, 0.4) is 0 Å². The van der Waals surface area contributed by atoms with Crippen molar-refractivity contribution >= 4 is 17.6 Å². The number of benzene rings is 2. The third-order valence-corrected chi connectivity index (χ3v) is 5.20. The van der Waals surface area contributed by atoms with Crippen molar-refractivity contribution in [2.75, 3.05) is 6.61 Å². The summed E-state index contributed by atoms with van der Waals surface area (Å²) in [5.41, 5.74) is 7.69. The topological polar surface area (TPSA) is 85.3 Å². The molecule has 0 aromatic heterocycles. The third-order valence-electron chi connectivity index (χ3n) is 4.86. The molecule has 2 aromatic rings. The molecule has 0 spiro atoms. The molecule has 6 heteroatoms. The van der Waals surface area contributed by atoms with Gasteiger partial charge < -0.3 is 15.2 Å². The lowest BCUT2D eigenvalue weighted by Gasteiger charge is -2.43. The van der Waals surface area contributed by atoms with Crippen molar-refractivity contribution in [1.29, 1.82) is 5.26 Å². The van der Waals surface area contributed by atoms with Crippen LogP contribution >= 0.6 is 11.6 Å². The Morgan fingerprint density at radius 1 is 1.22 bits per heavy atom. The summed E-state index contributed by atoms with van der Waals surface area (Å²) in [7, 11) is 0. The Balaban J connectivity index is 2.15. The summed E-state index contributed by atoms with van der Waals surface area (Å²) in [4.78, 5) is 12.9. The van der Waals surface area contributed by atoms with Gasteiger partial charge in [-0.1, -0.05) is 60.1 Å². The van der Waals surface area contributed by atoms with Crippen LogP contribution in [0.15, 0.2) is 54.6 Å². The second-order valence-electron chi connectivity index (χ2n) is 6.41. The first kappa shape index (κ1) is 19.4. The molecule has 0 aliphatic carbocycles. The van der Waals surface area contributed by atoms with Gasteiger partial charge in [0.1, 0.15) is 6.23 Å². The Morgan fingerprint density at radius 3 is 2.52 bits per heavy atom. The average molecular weight is 385 g/mol. The van der Waals surface area contributed by atoms with E-state index >= 15 is 0 Å². The average Bonchev–Trinajstić information content (AvgIpc) is 2.68. The van der Waals surface area contributed by atoms with Gasteiger partial charge in [-0.05, 0) is 24.1 Å². The van der Waals surface area contributed by atoms with E-state index in [4.69, 9.17) is 26.8 Å².